The lowest BCUT2D eigenvalue weighted by Crippen LogP contribution is -2.52. The summed E-state index contributed by atoms with van der Waals surface area (Å²) in [6, 6.07) is 0.263. The van der Waals surface area contributed by atoms with Crippen molar-refractivity contribution in [2.24, 2.45) is 23.7 Å². The molecule has 0 aromatic carbocycles. The molecule has 23 heavy (non-hydrogen) atoms. The molecule has 5 nitrogen and oxygen atoms in total. The molecule has 0 N–H and O–H groups in total. The highest BCUT2D eigenvalue weighted by Crippen LogP contribution is 2.48. The quantitative estimate of drug-likeness (QED) is 0.786. The fourth-order valence-electron chi connectivity index (χ4n) is 5.78. The molecule has 0 amide bonds. The summed E-state index contributed by atoms with van der Waals surface area (Å²) >= 11 is 0. The molecule has 0 aromatic rings. The summed E-state index contributed by atoms with van der Waals surface area (Å²) < 4.78 is 35.6. The van der Waals surface area contributed by atoms with Crippen LogP contribution in [0.2, 0.25) is 0 Å². The lowest BCUT2D eigenvalue weighted by molar-refractivity contribution is 0.113. The van der Waals surface area contributed by atoms with Gasteiger partial charge < -0.3 is 4.74 Å². The van der Waals surface area contributed by atoms with Gasteiger partial charge in [-0.2, -0.15) is 17.0 Å². The number of hydrogen-bond acceptors (Lipinski definition) is 3. The van der Waals surface area contributed by atoms with Crippen molar-refractivity contribution < 1.29 is 13.2 Å². The van der Waals surface area contributed by atoms with Crippen LogP contribution in [0.1, 0.15) is 44.9 Å². The Hall–Kier alpha value is -0.170. The molecular formula is C17H30N2O3S. The number of methoxy groups -OCH3 is 1. The topological polar surface area (TPSA) is 49.9 Å². The monoisotopic (exact) mass is 342 g/mol. The number of fused-ring (bicyclic) bond motifs is 1. The maximum atomic E-state index is 13.3. The van der Waals surface area contributed by atoms with Gasteiger partial charge in [0.2, 0.25) is 0 Å². The molecule has 0 spiro atoms. The minimum Gasteiger partial charge on any atom is -0.384 e. The van der Waals surface area contributed by atoms with Crippen molar-refractivity contribution in [3.05, 3.63) is 0 Å². The Morgan fingerprint density at radius 1 is 1.00 bits per heavy atom. The Labute approximate surface area is 140 Å². The second-order valence-corrected chi connectivity index (χ2v) is 10.2. The number of rotatable bonds is 4. The molecule has 3 unspecified atom stereocenters. The van der Waals surface area contributed by atoms with Gasteiger partial charge in [-0.1, -0.05) is 0 Å². The molecule has 3 saturated heterocycles. The third kappa shape index (κ3) is 3.08. The maximum Gasteiger partial charge on any atom is 0.282 e. The van der Waals surface area contributed by atoms with E-state index < -0.39 is 10.2 Å². The molecule has 0 aromatic heterocycles. The molecule has 5 aliphatic rings. The van der Waals surface area contributed by atoms with E-state index in [0.29, 0.717) is 31.5 Å². The standard InChI is InChI=1S/C17H30N2O3S/c1-22-12-13-3-2-4-18(10-13)23(20,21)19-11-16-6-14-5-15(7-16)9-17(19)8-14/h13-17H,2-12H2,1H3. The third-order valence-corrected chi connectivity index (χ3v) is 8.59. The van der Waals surface area contributed by atoms with Gasteiger partial charge in [0, 0.05) is 32.8 Å². The van der Waals surface area contributed by atoms with Crippen LogP contribution in [0.4, 0.5) is 0 Å². The molecule has 5 rings (SSSR count). The van der Waals surface area contributed by atoms with E-state index in [1.165, 1.54) is 19.3 Å². The Morgan fingerprint density at radius 2 is 1.70 bits per heavy atom. The fourth-order valence-corrected chi connectivity index (χ4v) is 7.78. The van der Waals surface area contributed by atoms with E-state index in [4.69, 9.17) is 4.74 Å². The molecule has 2 saturated carbocycles. The van der Waals surface area contributed by atoms with Crippen molar-refractivity contribution in [1.82, 2.24) is 8.61 Å². The van der Waals surface area contributed by atoms with E-state index in [0.717, 1.165) is 44.1 Å². The number of hydrogen-bond donors (Lipinski definition) is 0. The van der Waals surface area contributed by atoms with Gasteiger partial charge in [-0.25, -0.2) is 0 Å². The normalized spacial score (nSPS) is 42.0. The molecule has 5 fully saturated rings. The summed E-state index contributed by atoms with van der Waals surface area (Å²) in [7, 11) is -1.60. The highest BCUT2D eigenvalue weighted by molar-refractivity contribution is 7.86. The predicted octanol–water partition coefficient (Wildman–Crippen LogP) is 2.10. The highest BCUT2D eigenvalue weighted by atomic mass is 32.2. The lowest BCUT2D eigenvalue weighted by atomic mass is 9.68. The average Bonchev–Trinajstić information content (AvgIpc) is 2.72. The third-order valence-electron chi connectivity index (χ3n) is 6.56. The van der Waals surface area contributed by atoms with Crippen LogP contribution in [0.25, 0.3) is 0 Å². The zero-order valence-electron chi connectivity index (χ0n) is 14.2. The van der Waals surface area contributed by atoms with Gasteiger partial charge in [0.15, 0.2) is 0 Å². The van der Waals surface area contributed by atoms with Gasteiger partial charge >= 0.3 is 0 Å². The maximum absolute atomic E-state index is 13.3. The first kappa shape index (κ1) is 16.3. The van der Waals surface area contributed by atoms with Gasteiger partial charge in [-0.05, 0) is 68.6 Å². The van der Waals surface area contributed by atoms with E-state index in [9.17, 15) is 8.42 Å². The summed E-state index contributed by atoms with van der Waals surface area (Å²) in [6.07, 6.45) is 8.09. The Kier molecular flexibility index (Phi) is 4.45. The minimum atomic E-state index is -3.31. The SMILES string of the molecule is COCC1CCCN(S(=O)(=O)N2CC3CC4CC(C3)CC2C4)C1. The molecule has 2 aliphatic carbocycles. The smallest absolute Gasteiger partial charge is 0.282 e. The van der Waals surface area contributed by atoms with Crippen LogP contribution < -0.4 is 0 Å². The number of nitrogens with zero attached hydrogens (tertiary/aromatic N) is 2. The Bertz CT molecular complexity index is 522. The van der Waals surface area contributed by atoms with Gasteiger partial charge in [-0.3, -0.25) is 0 Å². The second kappa shape index (κ2) is 6.28. The molecule has 6 heteroatoms. The van der Waals surface area contributed by atoms with E-state index >= 15 is 0 Å². The predicted molar refractivity (Wildman–Crippen MR) is 89.1 cm³/mol. The van der Waals surface area contributed by atoms with Gasteiger partial charge in [0.1, 0.15) is 0 Å². The fraction of sp³-hybridized carbons (Fsp3) is 1.00. The van der Waals surface area contributed by atoms with Crippen molar-refractivity contribution in [3.63, 3.8) is 0 Å². The molecule has 0 radical (unpaired) electrons. The van der Waals surface area contributed by atoms with Crippen molar-refractivity contribution >= 4 is 10.2 Å². The summed E-state index contributed by atoms with van der Waals surface area (Å²) in [5.41, 5.74) is 0. The van der Waals surface area contributed by atoms with Gasteiger partial charge in [0.05, 0.1) is 6.61 Å². The zero-order chi connectivity index (χ0) is 16.0. The van der Waals surface area contributed by atoms with E-state index in [1.54, 1.807) is 11.4 Å². The van der Waals surface area contributed by atoms with E-state index in [-0.39, 0.29) is 6.04 Å². The lowest BCUT2D eigenvalue weighted by Gasteiger charge is -2.40. The Morgan fingerprint density at radius 3 is 2.39 bits per heavy atom. The highest BCUT2D eigenvalue weighted by Gasteiger charge is 2.47. The van der Waals surface area contributed by atoms with Crippen molar-refractivity contribution in [1.29, 1.82) is 0 Å². The van der Waals surface area contributed by atoms with Crippen LogP contribution in [0.3, 0.4) is 0 Å². The van der Waals surface area contributed by atoms with Crippen molar-refractivity contribution in [2.75, 3.05) is 33.4 Å². The van der Waals surface area contributed by atoms with Crippen LogP contribution in [-0.4, -0.2) is 56.4 Å². The minimum absolute atomic E-state index is 0.263. The average molecular weight is 343 g/mol. The number of ether oxygens (including phenoxy) is 1. The molecule has 3 atom stereocenters. The molecule has 4 bridgehead atoms. The molecular weight excluding hydrogens is 312 g/mol. The van der Waals surface area contributed by atoms with E-state index in [2.05, 4.69) is 0 Å². The van der Waals surface area contributed by atoms with Crippen LogP contribution in [-0.2, 0) is 14.9 Å². The van der Waals surface area contributed by atoms with E-state index in [1.807, 2.05) is 4.31 Å². The molecule has 3 aliphatic heterocycles. The number of piperidine rings is 1. The van der Waals surface area contributed by atoms with Crippen LogP contribution in [0.15, 0.2) is 0 Å². The Balaban J connectivity index is 1.54. The first-order valence-corrected chi connectivity index (χ1v) is 10.7. The first-order chi connectivity index (χ1) is 11.1. The van der Waals surface area contributed by atoms with Crippen molar-refractivity contribution in [3.8, 4) is 0 Å². The summed E-state index contributed by atoms with van der Waals surface area (Å²) in [5, 5.41) is 0. The van der Waals surface area contributed by atoms with Crippen LogP contribution >= 0.6 is 0 Å². The molecule has 3 heterocycles. The largest absolute Gasteiger partial charge is 0.384 e. The zero-order valence-corrected chi connectivity index (χ0v) is 15.0. The summed E-state index contributed by atoms with van der Waals surface area (Å²) in [4.78, 5) is 0. The van der Waals surface area contributed by atoms with Crippen LogP contribution in [0.5, 0.6) is 0 Å². The summed E-state index contributed by atoms with van der Waals surface area (Å²) in [6.45, 7) is 2.76. The second-order valence-electron chi connectivity index (χ2n) is 8.33. The summed E-state index contributed by atoms with van der Waals surface area (Å²) in [5.74, 6) is 2.50. The van der Waals surface area contributed by atoms with Gasteiger partial charge in [-0.15, -0.1) is 0 Å². The van der Waals surface area contributed by atoms with Gasteiger partial charge in [0.25, 0.3) is 10.2 Å². The molecule has 132 valence electrons. The van der Waals surface area contributed by atoms with Crippen molar-refractivity contribution in [2.45, 2.75) is 51.0 Å². The van der Waals surface area contributed by atoms with Crippen LogP contribution in [0, 0.1) is 23.7 Å². The first-order valence-electron chi connectivity index (χ1n) is 9.32.